The van der Waals surface area contributed by atoms with Crippen LogP contribution < -0.4 is 16.0 Å². The fraction of sp³-hybridized carbons (Fsp3) is 0.556. The number of hydrogen-bond donors (Lipinski definition) is 3. The van der Waals surface area contributed by atoms with Gasteiger partial charge >= 0.3 is 0 Å². The fourth-order valence-corrected chi connectivity index (χ4v) is 3.42. The van der Waals surface area contributed by atoms with Gasteiger partial charge in [0, 0.05) is 12.6 Å². The van der Waals surface area contributed by atoms with E-state index in [4.69, 9.17) is 0 Å². The molecule has 24 heavy (non-hydrogen) atoms. The lowest BCUT2D eigenvalue weighted by Gasteiger charge is -2.26. The molecule has 0 radical (unpaired) electrons. The second-order valence-electron chi connectivity index (χ2n) is 6.63. The van der Waals surface area contributed by atoms with Crippen LogP contribution in [0.15, 0.2) is 24.3 Å². The average molecular weight is 352 g/mol. The molecular weight excluding hydrogens is 326 g/mol. The number of nitrogens with one attached hydrogen (secondary N) is 3. The largest absolute Gasteiger partial charge is 0.352 e. The number of halogens is 1. The van der Waals surface area contributed by atoms with Crippen molar-refractivity contribution < 1.29 is 9.59 Å². The van der Waals surface area contributed by atoms with Crippen LogP contribution in [0.3, 0.4) is 0 Å². The number of carbonyl (C=O) groups is 2. The van der Waals surface area contributed by atoms with E-state index in [2.05, 4.69) is 28.1 Å². The first kappa shape index (κ1) is 18.7. The summed E-state index contributed by atoms with van der Waals surface area (Å²) in [4.78, 5) is 24.6. The third-order valence-corrected chi connectivity index (χ3v) is 4.85. The third kappa shape index (κ3) is 4.48. The zero-order valence-corrected chi connectivity index (χ0v) is 14.8. The van der Waals surface area contributed by atoms with Gasteiger partial charge in [0.25, 0.3) is 0 Å². The van der Waals surface area contributed by atoms with Crippen molar-refractivity contribution >= 4 is 24.2 Å². The summed E-state index contributed by atoms with van der Waals surface area (Å²) in [7, 11) is 0. The van der Waals surface area contributed by atoms with Gasteiger partial charge in [0.2, 0.25) is 11.8 Å². The molecule has 1 aromatic rings. The normalized spacial score (nSPS) is 21.3. The van der Waals surface area contributed by atoms with Crippen LogP contribution in [-0.4, -0.2) is 29.9 Å². The number of hydrogen-bond acceptors (Lipinski definition) is 3. The van der Waals surface area contributed by atoms with Crippen molar-refractivity contribution in [3.63, 3.8) is 0 Å². The predicted molar refractivity (Wildman–Crippen MR) is 96.0 cm³/mol. The van der Waals surface area contributed by atoms with Crippen LogP contribution in [0.5, 0.6) is 0 Å². The van der Waals surface area contributed by atoms with E-state index < -0.39 is 6.04 Å². The van der Waals surface area contributed by atoms with E-state index in [0.29, 0.717) is 13.0 Å². The maximum atomic E-state index is 12.4. The molecule has 6 heteroatoms. The molecule has 1 saturated carbocycles. The molecule has 1 aromatic carbocycles. The van der Waals surface area contributed by atoms with Crippen molar-refractivity contribution in [3.8, 4) is 0 Å². The van der Waals surface area contributed by atoms with Gasteiger partial charge in [0.1, 0.15) is 6.04 Å². The Hall–Kier alpha value is -1.59. The average Bonchev–Trinajstić information content (AvgIpc) is 3.07. The second kappa shape index (κ2) is 8.49. The Bertz CT molecular complexity index is 587. The van der Waals surface area contributed by atoms with E-state index in [1.54, 1.807) is 6.92 Å². The minimum Gasteiger partial charge on any atom is -0.352 e. The smallest absolute Gasteiger partial charge is 0.242 e. The van der Waals surface area contributed by atoms with Gasteiger partial charge in [-0.05, 0) is 37.3 Å². The van der Waals surface area contributed by atoms with Gasteiger partial charge in [-0.1, -0.05) is 37.1 Å². The molecule has 2 amide bonds. The third-order valence-electron chi connectivity index (χ3n) is 4.85. The molecule has 0 bridgehead atoms. The molecular formula is C18H26ClN3O2. The Balaban J connectivity index is 0.00000208. The van der Waals surface area contributed by atoms with Crippen molar-refractivity contribution in [2.24, 2.45) is 0 Å². The molecule has 3 rings (SSSR count). The van der Waals surface area contributed by atoms with E-state index in [9.17, 15) is 9.59 Å². The molecule has 0 spiro atoms. The minimum atomic E-state index is -0.498. The van der Waals surface area contributed by atoms with Gasteiger partial charge in [0.15, 0.2) is 0 Å². The van der Waals surface area contributed by atoms with Crippen molar-refractivity contribution in [1.82, 2.24) is 16.0 Å². The monoisotopic (exact) mass is 351 g/mol. The van der Waals surface area contributed by atoms with Crippen LogP contribution in [0.2, 0.25) is 0 Å². The number of amides is 2. The van der Waals surface area contributed by atoms with E-state index in [1.165, 1.54) is 24.0 Å². The van der Waals surface area contributed by atoms with Crippen molar-refractivity contribution in [2.75, 3.05) is 0 Å². The molecule has 1 fully saturated rings. The number of fused-ring (bicyclic) bond motifs is 1. The van der Waals surface area contributed by atoms with Gasteiger partial charge in [-0.2, -0.15) is 0 Å². The van der Waals surface area contributed by atoms with Crippen molar-refractivity contribution in [1.29, 1.82) is 0 Å². The SMILES string of the molecule is C[C@H](NC(=O)[C@@H]1Cc2ccccc2CN1)C(=O)NC1CCCC1.Cl. The van der Waals surface area contributed by atoms with E-state index in [0.717, 1.165) is 12.8 Å². The second-order valence-corrected chi connectivity index (χ2v) is 6.63. The topological polar surface area (TPSA) is 70.2 Å². The van der Waals surface area contributed by atoms with Crippen LogP contribution in [0.4, 0.5) is 0 Å². The zero-order valence-electron chi connectivity index (χ0n) is 14.0. The summed E-state index contributed by atoms with van der Waals surface area (Å²) in [6.07, 6.45) is 5.12. The zero-order chi connectivity index (χ0) is 16.2. The van der Waals surface area contributed by atoms with Crippen LogP contribution in [0.25, 0.3) is 0 Å². The maximum Gasteiger partial charge on any atom is 0.242 e. The molecule has 1 aliphatic carbocycles. The molecule has 0 unspecified atom stereocenters. The molecule has 2 atom stereocenters. The Morgan fingerprint density at radius 1 is 1.17 bits per heavy atom. The van der Waals surface area contributed by atoms with Crippen LogP contribution in [0.1, 0.15) is 43.7 Å². The highest BCUT2D eigenvalue weighted by molar-refractivity contribution is 5.89. The first-order chi connectivity index (χ1) is 11.1. The van der Waals surface area contributed by atoms with Gasteiger partial charge in [-0.15, -0.1) is 12.4 Å². The van der Waals surface area contributed by atoms with Crippen molar-refractivity contribution in [3.05, 3.63) is 35.4 Å². The van der Waals surface area contributed by atoms with Gasteiger partial charge in [-0.25, -0.2) is 0 Å². The van der Waals surface area contributed by atoms with Crippen LogP contribution in [0, 0.1) is 0 Å². The van der Waals surface area contributed by atoms with Gasteiger partial charge in [-0.3, -0.25) is 9.59 Å². The standard InChI is InChI=1S/C18H25N3O2.ClH/c1-12(17(22)21-15-8-4-5-9-15)20-18(23)16-10-13-6-2-3-7-14(13)11-19-16;/h2-3,6-7,12,15-16,19H,4-5,8-11H2,1H3,(H,20,23)(H,21,22);1H/t12-,16-;/m0./s1. The van der Waals surface area contributed by atoms with Gasteiger partial charge < -0.3 is 16.0 Å². The van der Waals surface area contributed by atoms with E-state index in [1.807, 2.05) is 12.1 Å². The lowest BCUT2D eigenvalue weighted by atomic mass is 9.95. The summed E-state index contributed by atoms with van der Waals surface area (Å²) in [5.74, 6) is -0.185. The number of carbonyl (C=O) groups excluding carboxylic acids is 2. The quantitative estimate of drug-likeness (QED) is 0.773. The lowest BCUT2D eigenvalue weighted by molar-refractivity contribution is -0.130. The van der Waals surface area contributed by atoms with E-state index >= 15 is 0 Å². The summed E-state index contributed by atoms with van der Waals surface area (Å²) in [5, 5.41) is 9.12. The molecule has 0 saturated heterocycles. The van der Waals surface area contributed by atoms with E-state index in [-0.39, 0.29) is 36.3 Å². The summed E-state index contributed by atoms with van der Waals surface area (Å²) in [6.45, 7) is 2.44. The summed E-state index contributed by atoms with van der Waals surface area (Å²) < 4.78 is 0. The van der Waals surface area contributed by atoms with Gasteiger partial charge in [0.05, 0.1) is 6.04 Å². The molecule has 1 heterocycles. The molecule has 3 N–H and O–H groups in total. The predicted octanol–water partition coefficient (Wildman–Crippen LogP) is 1.69. The number of rotatable bonds is 4. The Morgan fingerprint density at radius 3 is 2.54 bits per heavy atom. The summed E-state index contributed by atoms with van der Waals surface area (Å²) in [5.41, 5.74) is 2.44. The maximum absolute atomic E-state index is 12.4. The molecule has 0 aromatic heterocycles. The highest BCUT2D eigenvalue weighted by Gasteiger charge is 2.27. The Labute approximate surface area is 149 Å². The lowest BCUT2D eigenvalue weighted by Crippen LogP contribution is -2.54. The fourth-order valence-electron chi connectivity index (χ4n) is 3.42. The van der Waals surface area contributed by atoms with Crippen molar-refractivity contribution in [2.45, 2.75) is 63.7 Å². The molecule has 1 aliphatic heterocycles. The minimum absolute atomic E-state index is 0. The highest BCUT2D eigenvalue weighted by Crippen LogP contribution is 2.18. The number of benzene rings is 1. The molecule has 2 aliphatic rings. The van der Waals surface area contributed by atoms with Crippen LogP contribution in [-0.2, 0) is 22.6 Å². The Kier molecular flexibility index (Phi) is 6.63. The molecule has 5 nitrogen and oxygen atoms in total. The first-order valence-corrected chi connectivity index (χ1v) is 8.54. The highest BCUT2D eigenvalue weighted by atomic mass is 35.5. The first-order valence-electron chi connectivity index (χ1n) is 8.54. The summed E-state index contributed by atoms with van der Waals surface area (Å²) >= 11 is 0. The molecule has 132 valence electrons. The van der Waals surface area contributed by atoms with Crippen LogP contribution >= 0.6 is 12.4 Å². The Morgan fingerprint density at radius 2 is 1.83 bits per heavy atom. The summed E-state index contributed by atoms with van der Waals surface area (Å²) in [6, 6.07) is 7.66.